The molecule has 10 heavy (non-hydrogen) atoms. The first-order valence-electron chi connectivity index (χ1n) is 4.63. The molecule has 0 heterocycles. The van der Waals surface area contributed by atoms with Gasteiger partial charge in [-0.2, -0.15) is 0 Å². The van der Waals surface area contributed by atoms with Gasteiger partial charge in [0.1, 0.15) is 0 Å². The predicted molar refractivity (Wildman–Crippen MR) is 42.7 cm³/mol. The molecule has 2 N–H and O–H groups in total. The fourth-order valence-electron chi connectivity index (χ4n) is 2.60. The second-order valence-electron chi connectivity index (χ2n) is 3.96. The molecule has 2 aliphatic carbocycles. The first kappa shape index (κ1) is 6.66. The minimum absolute atomic E-state index is 0.572. The van der Waals surface area contributed by atoms with Crippen LogP contribution in [0, 0.1) is 11.8 Å². The van der Waals surface area contributed by atoms with Crippen LogP contribution in [0.3, 0.4) is 0 Å². The molecule has 0 aromatic heterocycles. The van der Waals surface area contributed by atoms with Crippen molar-refractivity contribution < 1.29 is 0 Å². The van der Waals surface area contributed by atoms with Crippen LogP contribution in [-0.4, -0.2) is 6.04 Å². The maximum Gasteiger partial charge on any atom is 0.00725 e. The Balaban J connectivity index is 1.93. The van der Waals surface area contributed by atoms with E-state index >= 15 is 0 Å². The summed E-state index contributed by atoms with van der Waals surface area (Å²) in [4.78, 5) is 0. The van der Waals surface area contributed by atoms with Gasteiger partial charge < -0.3 is 5.73 Å². The second-order valence-corrected chi connectivity index (χ2v) is 3.96. The zero-order valence-corrected chi connectivity index (χ0v) is 6.55. The first-order chi connectivity index (χ1) is 4.88. The van der Waals surface area contributed by atoms with Crippen molar-refractivity contribution in [1.82, 2.24) is 0 Å². The normalized spacial score (nSPS) is 47.1. The number of nitrogens with two attached hydrogens (primary N) is 1. The van der Waals surface area contributed by atoms with Crippen LogP contribution in [0.2, 0.25) is 0 Å². The zero-order chi connectivity index (χ0) is 6.97. The van der Waals surface area contributed by atoms with E-state index in [-0.39, 0.29) is 0 Å². The third-order valence-electron chi connectivity index (χ3n) is 3.34. The summed E-state index contributed by atoms with van der Waals surface area (Å²) in [5.74, 6) is 1.94. The molecule has 3 unspecified atom stereocenters. The van der Waals surface area contributed by atoms with Crippen LogP contribution in [0.4, 0.5) is 0 Å². The minimum Gasteiger partial charge on any atom is -0.327 e. The maximum atomic E-state index is 5.90. The molecular weight excluding hydrogens is 122 g/mol. The van der Waals surface area contributed by atoms with Crippen molar-refractivity contribution in [2.24, 2.45) is 17.6 Å². The minimum atomic E-state index is 0.572. The van der Waals surface area contributed by atoms with E-state index in [1.165, 1.54) is 38.5 Å². The maximum absolute atomic E-state index is 5.90. The Morgan fingerprint density at radius 2 is 1.80 bits per heavy atom. The lowest BCUT2D eigenvalue weighted by Crippen LogP contribution is -2.46. The highest BCUT2D eigenvalue weighted by atomic mass is 14.7. The van der Waals surface area contributed by atoms with E-state index in [0.717, 1.165) is 11.8 Å². The molecule has 2 aliphatic rings. The predicted octanol–water partition coefficient (Wildman–Crippen LogP) is 1.91. The van der Waals surface area contributed by atoms with Gasteiger partial charge in [-0.05, 0) is 24.7 Å². The van der Waals surface area contributed by atoms with Crippen molar-refractivity contribution in [2.75, 3.05) is 0 Å². The van der Waals surface area contributed by atoms with E-state index < -0.39 is 0 Å². The smallest absolute Gasteiger partial charge is 0.00725 e. The first-order valence-corrected chi connectivity index (χ1v) is 4.63. The fraction of sp³-hybridized carbons (Fsp3) is 1.00. The van der Waals surface area contributed by atoms with Crippen LogP contribution >= 0.6 is 0 Å². The lowest BCUT2D eigenvalue weighted by atomic mass is 9.67. The number of rotatable bonds is 0. The van der Waals surface area contributed by atoms with E-state index in [2.05, 4.69) is 0 Å². The molecule has 1 nitrogen and oxygen atoms in total. The molecule has 2 saturated carbocycles. The molecule has 0 amide bonds. The molecule has 0 radical (unpaired) electrons. The van der Waals surface area contributed by atoms with Crippen LogP contribution in [0.25, 0.3) is 0 Å². The Morgan fingerprint density at radius 1 is 1.00 bits per heavy atom. The highest BCUT2D eigenvalue weighted by molar-refractivity contribution is 4.92. The zero-order valence-electron chi connectivity index (χ0n) is 6.55. The highest BCUT2D eigenvalue weighted by Crippen LogP contribution is 2.42. The van der Waals surface area contributed by atoms with E-state index in [1.54, 1.807) is 0 Å². The van der Waals surface area contributed by atoms with Crippen molar-refractivity contribution >= 4 is 0 Å². The number of fused-ring (bicyclic) bond motifs is 1. The van der Waals surface area contributed by atoms with Gasteiger partial charge in [0.2, 0.25) is 0 Å². The summed E-state index contributed by atoms with van der Waals surface area (Å²) in [7, 11) is 0. The largest absolute Gasteiger partial charge is 0.327 e. The average molecular weight is 139 g/mol. The molecule has 0 saturated heterocycles. The average Bonchev–Trinajstić information content (AvgIpc) is 2.09. The van der Waals surface area contributed by atoms with Gasteiger partial charge in [-0.3, -0.25) is 0 Å². The van der Waals surface area contributed by atoms with Gasteiger partial charge >= 0.3 is 0 Å². The van der Waals surface area contributed by atoms with E-state index in [4.69, 9.17) is 5.73 Å². The summed E-state index contributed by atoms with van der Waals surface area (Å²) in [6.07, 6.45) is 8.58. The molecule has 1 heteroatoms. The van der Waals surface area contributed by atoms with Crippen LogP contribution in [-0.2, 0) is 0 Å². The van der Waals surface area contributed by atoms with Crippen LogP contribution in [0.5, 0.6) is 0 Å². The summed E-state index contributed by atoms with van der Waals surface area (Å²) >= 11 is 0. The van der Waals surface area contributed by atoms with E-state index in [0.29, 0.717) is 6.04 Å². The lowest BCUT2D eigenvalue weighted by molar-refractivity contribution is 0.126. The van der Waals surface area contributed by atoms with Crippen LogP contribution < -0.4 is 5.73 Å². The van der Waals surface area contributed by atoms with Crippen LogP contribution in [0.1, 0.15) is 38.5 Å². The van der Waals surface area contributed by atoms with Gasteiger partial charge in [0.05, 0.1) is 0 Å². The Bertz CT molecular complexity index is 122. The van der Waals surface area contributed by atoms with Crippen molar-refractivity contribution in [2.45, 2.75) is 44.6 Å². The quantitative estimate of drug-likeness (QED) is 0.545. The van der Waals surface area contributed by atoms with Gasteiger partial charge in [0.25, 0.3) is 0 Å². The summed E-state index contributed by atoms with van der Waals surface area (Å²) < 4.78 is 0. The van der Waals surface area contributed by atoms with Gasteiger partial charge in [-0.15, -0.1) is 0 Å². The van der Waals surface area contributed by atoms with Crippen molar-refractivity contribution in [3.05, 3.63) is 0 Å². The molecular formula is C9H17N. The summed E-state index contributed by atoms with van der Waals surface area (Å²) in [5, 5.41) is 0. The van der Waals surface area contributed by atoms with Crippen molar-refractivity contribution in [3.63, 3.8) is 0 Å². The van der Waals surface area contributed by atoms with Gasteiger partial charge in [-0.25, -0.2) is 0 Å². The highest BCUT2D eigenvalue weighted by Gasteiger charge is 2.38. The summed E-state index contributed by atoms with van der Waals surface area (Å²) in [5.41, 5.74) is 5.90. The van der Waals surface area contributed by atoms with Crippen molar-refractivity contribution in [1.29, 1.82) is 0 Å². The fourth-order valence-corrected chi connectivity index (χ4v) is 2.60. The van der Waals surface area contributed by atoms with E-state index in [9.17, 15) is 0 Å². The Kier molecular flexibility index (Phi) is 1.69. The monoisotopic (exact) mass is 139 g/mol. The standard InChI is InChI=1S/C9H17N/c10-9-6-7-4-2-1-3-5-8(7)9/h7-9H,1-6,10H2. The number of hydrogen-bond donors (Lipinski definition) is 1. The second kappa shape index (κ2) is 2.54. The third-order valence-corrected chi connectivity index (χ3v) is 3.34. The molecule has 2 fully saturated rings. The Labute approximate surface area is 63.0 Å². The summed E-state index contributed by atoms with van der Waals surface area (Å²) in [6.45, 7) is 0. The van der Waals surface area contributed by atoms with Crippen molar-refractivity contribution in [3.8, 4) is 0 Å². The van der Waals surface area contributed by atoms with Crippen LogP contribution in [0.15, 0.2) is 0 Å². The molecule has 3 atom stereocenters. The molecule has 0 bridgehead atoms. The molecule has 0 aromatic carbocycles. The molecule has 0 spiro atoms. The Hall–Kier alpha value is -0.0400. The molecule has 0 aromatic rings. The van der Waals surface area contributed by atoms with Gasteiger partial charge in [0, 0.05) is 6.04 Å². The summed E-state index contributed by atoms with van der Waals surface area (Å²) in [6, 6.07) is 0.572. The molecule has 0 aliphatic heterocycles. The van der Waals surface area contributed by atoms with Gasteiger partial charge in [-0.1, -0.05) is 25.7 Å². The number of hydrogen-bond acceptors (Lipinski definition) is 1. The lowest BCUT2D eigenvalue weighted by Gasteiger charge is -2.41. The molecule has 58 valence electrons. The SMILES string of the molecule is NC1CC2CCCCCC12. The Morgan fingerprint density at radius 3 is 2.60 bits per heavy atom. The van der Waals surface area contributed by atoms with E-state index in [1.807, 2.05) is 0 Å². The topological polar surface area (TPSA) is 26.0 Å². The third kappa shape index (κ3) is 0.968. The van der Waals surface area contributed by atoms with Gasteiger partial charge in [0.15, 0.2) is 0 Å². The molecule has 2 rings (SSSR count).